The molecule has 130 valence electrons. The molecule has 0 bridgehead atoms. The average molecular weight is 347 g/mol. The first-order chi connectivity index (χ1) is 12.0. The van der Waals surface area contributed by atoms with Crippen molar-refractivity contribution in [3.63, 3.8) is 0 Å². The summed E-state index contributed by atoms with van der Waals surface area (Å²) < 4.78 is 44.5. The lowest BCUT2D eigenvalue weighted by Crippen LogP contribution is -2.25. The van der Waals surface area contributed by atoms with Gasteiger partial charge in [-0.2, -0.15) is 18.4 Å². The number of anilines is 1. The maximum Gasteiger partial charge on any atom is 0.433 e. The third-order valence-electron chi connectivity index (χ3n) is 4.06. The molecule has 0 saturated carbocycles. The number of pyridine rings is 1. The lowest BCUT2D eigenvalue weighted by molar-refractivity contribution is -0.141. The summed E-state index contributed by atoms with van der Waals surface area (Å²) in [5.41, 5.74) is 0.183. The van der Waals surface area contributed by atoms with Gasteiger partial charge in [0.15, 0.2) is 0 Å². The van der Waals surface area contributed by atoms with Crippen LogP contribution in [0.1, 0.15) is 23.2 Å². The van der Waals surface area contributed by atoms with Gasteiger partial charge >= 0.3 is 6.18 Å². The third kappa shape index (κ3) is 4.09. The fraction of sp³-hybridized carbons (Fsp3) is 0.333. The quantitative estimate of drug-likeness (QED) is 0.845. The average Bonchev–Trinajstić information content (AvgIpc) is 3.08. The zero-order valence-electron chi connectivity index (χ0n) is 13.3. The minimum absolute atomic E-state index is 0.0723. The van der Waals surface area contributed by atoms with E-state index in [0.29, 0.717) is 26.1 Å². The number of halogens is 3. The number of ether oxygens (including phenoxy) is 1. The number of rotatable bonds is 4. The van der Waals surface area contributed by atoms with E-state index in [0.717, 1.165) is 11.6 Å². The minimum Gasteiger partial charge on any atom is -0.372 e. The van der Waals surface area contributed by atoms with Crippen LogP contribution in [0.3, 0.4) is 0 Å². The second-order valence-electron chi connectivity index (χ2n) is 5.83. The Morgan fingerprint density at radius 2 is 1.96 bits per heavy atom. The van der Waals surface area contributed by atoms with E-state index in [-0.39, 0.29) is 17.5 Å². The molecule has 0 amide bonds. The van der Waals surface area contributed by atoms with Gasteiger partial charge in [-0.3, -0.25) is 0 Å². The van der Waals surface area contributed by atoms with Crippen LogP contribution in [-0.4, -0.2) is 24.2 Å². The second-order valence-corrected chi connectivity index (χ2v) is 5.83. The van der Waals surface area contributed by atoms with Crippen LogP contribution in [0, 0.1) is 11.3 Å². The molecule has 0 spiro atoms. The summed E-state index contributed by atoms with van der Waals surface area (Å²) in [5, 5.41) is 9.16. The van der Waals surface area contributed by atoms with E-state index in [1.807, 2.05) is 36.4 Å². The van der Waals surface area contributed by atoms with E-state index >= 15 is 0 Å². The molecule has 1 aromatic carbocycles. The number of hydrogen-bond acceptors (Lipinski definition) is 4. The van der Waals surface area contributed by atoms with Crippen LogP contribution in [0.2, 0.25) is 0 Å². The first kappa shape index (κ1) is 17.2. The van der Waals surface area contributed by atoms with Crippen molar-refractivity contribution in [1.82, 2.24) is 4.98 Å². The predicted octanol–water partition coefficient (Wildman–Crippen LogP) is 3.77. The third-order valence-corrected chi connectivity index (χ3v) is 4.06. The molecule has 1 aliphatic heterocycles. The summed E-state index contributed by atoms with van der Waals surface area (Å²) in [7, 11) is 0. The monoisotopic (exact) mass is 347 g/mol. The molecule has 0 aliphatic carbocycles. The van der Waals surface area contributed by atoms with Gasteiger partial charge in [-0.1, -0.05) is 30.3 Å². The zero-order valence-corrected chi connectivity index (χ0v) is 13.3. The molecule has 1 atom stereocenters. The van der Waals surface area contributed by atoms with Crippen molar-refractivity contribution in [3.8, 4) is 6.07 Å². The van der Waals surface area contributed by atoms with Gasteiger partial charge in [0, 0.05) is 13.1 Å². The lowest BCUT2D eigenvalue weighted by atomic mass is 10.2. The first-order valence-corrected chi connectivity index (χ1v) is 7.86. The Labute approximate surface area is 143 Å². The highest BCUT2D eigenvalue weighted by Crippen LogP contribution is 2.31. The summed E-state index contributed by atoms with van der Waals surface area (Å²) >= 11 is 0. The van der Waals surface area contributed by atoms with Gasteiger partial charge in [0.1, 0.15) is 17.6 Å². The summed E-state index contributed by atoms with van der Waals surface area (Å²) in [6, 6.07) is 13.6. The van der Waals surface area contributed by atoms with Gasteiger partial charge in [-0.05, 0) is 24.1 Å². The molecule has 3 rings (SSSR count). The molecular formula is C18H16F3N3O. The number of aromatic nitrogens is 1. The maximum absolute atomic E-state index is 12.9. The number of nitrogens with zero attached hydrogens (tertiary/aromatic N) is 3. The summed E-state index contributed by atoms with van der Waals surface area (Å²) in [6.45, 7) is 1.36. The molecule has 0 unspecified atom stereocenters. The highest BCUT2D eigenvalue weighted by Gasteiger charge is 2.34. The van der Waals surface area contributed by atoms with Gasteiger partial charge in [-0.15, -0.1) is 0 Å². The van der Waals surface area contributed by atoms with Crippen molar-refractivity contribution < 1.29 is 17.9 Å². The standard InChI is InChI=1S/C18H16F3N3O/c19-18(20,21)16-7-6-14(10-22)17(23-16)24-9-8-15(11-24)25-12-13-4-2-1-3-5-13/h1-7,15H,8-9,11-12H2/t15-/m1/s1. The van der Waals surface area contributed by atoms with E-state index in [9.17, 15) is 13.2 Å². The Balaban J connectivity index is 1.70. The van der Waals surface area contributed by atoms with Crippen LogP contribution in [-0.2, 0) is 17.5 Å². The van der Waals surface area contributed by atoms with Gasteiger partial charge < -0.3 is 9.64 Å². The Kier molecular flexibility index (Phi) is 4.91. The molecule has 4 nitrogen and oxygen atoms in total. The second kappa shape index (κ2) is 7.11. The van der Waals surface area contributed by atoms with Crippen LogP contribution < -0.4 is 4.90 Å². The normalized spacial score (nSPS) is 17.5. The summed E-state index contributed by atoms with van der Waals surface area (Å²) in [6.07, 6.45) is -3.97. The first-order valence-electron chi connectivity index (χ1n) is 7.86. The smallest absolute Gasteiger partial charge is 0.372 e. The highest BCUT2D eigenvalue weighted by molar-refractivity contribution is 5.55. The summed E-state index contributed by atoms with van der Waals surface area (Å²) in [4.78, 5) is 5.36. The van der Waals surface area contributed by atoms with E-state index < -0.39 is 11.9 Å². The molecule has 1 aliphatic rings. The Morgan fingerprint density at radius 1 is 1.20 bits per heavy atom. The van der Waals surface area contributed by atoms with Crippen LogP contribution >= 0.6 is 0 Å². The predicted molar refractivity (Wildman–Crippen MR) is 85.8 cm³/mol. The van der Waals surface area contributed by atoms with Gasteiger partial charge in [0.05, 0.1) is 18.3 Å². The van der Waals surface area contributed by atoms with E-state index in [2.05, 4.69) is 4.98 Å². The molecule has 1 aromatic heterocycles. The van der Waals surface area contributed by atoms with Crippen molar-refractivity contribution in [2.45, 2.75) is 25.3 Å². The number of hydrogen-bond donors (Lipinski definition) is 0. The van der Waals surface area contributed by atoms with Crippen molar-refractivity contribution in [2.24, 2.45) is 0 Å². The zero-order chi connectivity index (χ0) is 17.9. The highest BCUT2D eigenvalue weighted by atomic mass is 19.4. The van der Waals surface area contributed by atoms with Crippen molar-refractivity contribution in [3.05, 3.63) is 59.3 Å². The van der Waals surface area contributed by atoms with Crippen LogP contribution in [0.5, 0.6) is 0 Å². The van der Waals surface area contributed by atoms with E-state index in [1.54, 1.807) is 4.90 Å². The molecule has 2 heterocycles. The van der Waals surface area contributed by atoms with Crippen molar-refractivity contribution >= 4 is 5.82 Å². The molecule has 2 aromatic rings. The van der Waals surface area contributed by atoms with Crippen molar-refractivity contribution in [1.29, 1.82) is 5.26 Å². The van der Waals surface area contributed by atoms with Crippen molar-refractivity contribution in [2.75, 3.05) is 18.0 Å². The van der Waals surface area contributed by atoms with E-state index in [4.69, 9.17) is 10.00 Å². The molecular weight excluding hydrogens is 331 g/mol. The molecule has 1 fully saturated rings. The minimum atomic E-state index is -4.54. The maximum atomic E-state index is 12.9. The van der Waals surface area contributed by atoms with Crippen LogP contribution in [0.25, 0.3) is 0 Å². The molecule has 0 radical (unpaired) electrons. The number of nitriles is 1. The van der Waals surface area contributed by atoms with Gasteiger partial charge in [0.25, 0.3) is 0 Å². The Hall–Kier alpha value is -2.59. The van der Waals surface area contributed by atoms with Gasteiger partial charge in [-0.25, -0.2) is 4.98 Å². The fourth-order valence-corrected chi connectivity index (χ4v) is 2.78. The van der Waals surface area contributed by atoms with E-state index in [1.165, 1.54) is 6.07 Å². The topological polar surface area (TPSA) is 49.2 Å². The molecule has 0 N–H and O–H groups in total. The Bertz CT molecular complexity index is 771. The number of benzene rings is 1. The molecule has 25 heavy (non-hydrogen) atoms. The SMILES string of the molecule is N#Cc1ccc(C(F)(F)F)nc1N1CC[C@@H](OCc2ccccc2)C1. The Morgan fingerprint density at radius 3 is 2.64 bits per heavy atom. The van der Waals surface area contributed by atoms with Crippen LogP contribution in [0.15, 0.2) is 42.5 Å². The largest absolute Gasteiger partial charge is 0.433 e. The molecule has 7 heteroatoms. The van der Waals surface area contributed by atoms with Crippen LogP contribution in [0.4, 0.5) is 19.0 Å². The fourth-order valence-electron chi connectivity index (χ4n) is 2.78. The number of alkyl halides is 3. The molecule has 1 saturated heterocycles. The van der Waals surface area contributed by atoms with Gasteiger partial charge in [0.2, 0.25) is 0 Å². The summed E-state index contributed by atoms with van der Waals surface area (Å²) in [5.74, 6) is 0.0723. The lowest BCUT2D eigenvalue weighted by Gasteiger charge is -2.20.